The van der Waals surface area contributed by atoms with Crippen LogP contribution in [0.5, 0.6) is 23.0 Å². The van der Waals surface area contributed by atoms with Crippen molar-refractivity contribution >= 4 is 29.3 Å². The SMILES string of the molecule is CN1C(=O)CC=C(C(=O)O)C1c1ccc(F)cc1.COc1cc(C)c(CC(=O)C2=CCC(=O)N(C)C2c2ccc(F)cc2)cc1OC.COc1cc(C)c(N)cc1OC. The number of halogens is 2. The van der Waals surface area contributed by atoms with Crippen LogP contribution in [0.15, 0.2) is 96.1 Å². The Balaban J connectivity index is 0.000000217. The second-order valence-electron chi connectivity index (χ2n) is 13.7. The molecule has 4 aromatic rings. The van der Waals surface area contributed by atoms with Crippen molar-refractivity contribution in [3.8, 4) is 23.0 Å². The molecular formula is C45H49F2N3O9. The number of ether oxygens (including phenoxy) is 4. The van der Waals surface area contributed by atoms with Crippen LogP contribution in [-0.2, 0) is 25.6 Å². The maximum Gasteiger partial charge on any atom is 0.333 e. The monoisotopic (exact) mass is 813 g/mol. The first kappa shape index (κ1) is 45.0. The predicted molar refractivity (Wildman–Crippen MR) is 219 cm³/mol. The summed E-state index contributed by atoms with van der Waals surface area (Å²) in [4.78, 5) is 51.2. The van der Waals surface area contributed by atoms with Crippen molar-refractivity contribution in [1.29, 1.82) is 0 Å². The molecule has 2 heterocycles. The molecule has 6 rings (SSSR count). The molecule has 4 aromatic carbocycles. The third-order valence-corrected chi connectivity index (χ3v) is 10.0. The van der Waals surface area contributed by atoms with Crippen LogP contribution in [0.4, 0.5) is 14.5 Å². The average Bonchev–Trinajstić information content (AvgIpc) is 3.22. The van der Waals surface area contributed by atoms with Crippen molar-refractivity contribution in [3.63, 3.8) is 0 Å². The second-order valence-corrected chi connectivity index (χ2v) is 13.7. The molecule has 14 heteroatoms. The van der Waals surface area contributed by atoms with E-state index in [1.54, 1.807) is 77.8 Å². The quantitative estimate of drug-likeness (QED) is 0.158. The summed E-state index contributed by atoms with van der Waals surface area (Å²) in [6, 6.07) is 17.4. The lowest BCUT2D eigenvalue weighted by atomic mass is 9.87. The normalized spacial score (nSPS) is 16.0. The zero-order valence-electron chi connectivity index (χ0n) is 34.3. The third kappa shape index (κ3) is 10.8. The fourth-order valence-corrected chi connectivity index (χ4v) is 6.66. The Morgan fingerprint density at radius 1 is 0.661 bits per heavy atom. The maximum atomic E-state index is 13.4. The molecule has 12 nitrogen and oxygen atoms in total. The van der Waals surface area contributed by atoms with Crippen LogP contribution < -0.4 is 24.7 Å². The topological polar surface area (TPSA) is 158 Å². The van der Waals surface area contributed by atoms with Crippen molar-refractivity contribution in [3.05, 3.63) is 136 Å². The van der Waals surface area contributed by atoms with Crippen LogP contribution in [-0.4, -0.2) is 81.0 Å². The van der Waals surface area contributed by atoms with E-state index in [1.807, 2.05) is 26.0 Å². The van der Waals surface area contributed by atoms with Gasteiger partial charge in [0.2, 0.25) is 11.8 Å². The van der Waals surface area contributed by atoms with E-state index in [0.717, 1.165) is 16.7 Å². The summed E-state index contributed by atoms with van der Waals surface area (Å²) < 4.78 is 47.1. The number of carbonyl (C=O) groups is 4. The number of nitrogen functional groups attached to an aromatic ring is 1. The Kier molecular flexibility index (Phi) is 15.4. The molecule has 312 valence electrons. The van der Waals surface area contributed by atoms with Crippen LogP contribution >= 0.6 is 0 Å². The third-order valence-electron chi connectivity index (χ3n) is 10.0. The molecule has 0 aromatic heterocycles. The predicted octanol–water partition coefficient (Wildman–Crippen LogP) is 7.13. The van der Waals surface area contributed by atoms with Crippen LogP contribution in [0.25, 0.3) is 0 Å². The maximum absolute atomic E-state index is 13.4. The van der Waals surface area contributed by atoms with E-state index in [9.17, 15) is 28.0 Å². The Morgan fingerprint density at radius 2 is 1.05 bits per heavy atom. The summed E-state index contributed by atoms with van der Waals surface area (Å²) >= 11 is 0. The lowest BCUT2D eigenvalue weighted by molar-refractivity contribution is -0.136. The number of nitrogens with two attached hydrogens (primary N) is 1. The number of carbonyl (C=O) groups excluding carboxylic acids is 3. The highest BCUT2D eigenvalue weighted by Gasteiger charge is 2.34. The van der Waals surface area contributed by atoms with Gasteiger partial charge in [-0.15, -0.1) is 0 Å². The van der Waals surface area contributed by atoms with Gasteiger partial charge in [0.1, 0.15) is 11.6 Å². The molecule has 2 aliphatic rings. The summed E-state index contributed by atoms with van der Waals surface area (Å²) in [7, 11) is 9.52. The molecule has 0 bridgehead atoms. The minimum Gasteiger partial charge on any atom is -0.493 e. The highest BCUT2D eigenvalue weighted by molar-refractivity contribution is 6.01. The summed E-state index contributed by atoms with van der Waals surface area (Å²) in [5, 5.41) is 9.15. The Bertz CT molecular complexity index is 2210. The highest BCUT2D eigenvalue weighted by atomic mass is 19.1. The number of carboxylic acids is 1. The van der Waals surface area contributed by atoms with Crippen LogP contribution in [0.3, 0.4) is 0 Å². The number of aryl methyl sites for hydroxylation is 2. The zero-order valence-corrected chi connectivity index (χ0v) is 34.3. The highest BCUT2D eigenvalue weighted by Crippen LogP contribution is 2.36. The van der Waals surface area contributed by atoms with Crippen molar-refractivity contribution in [1.82, 2.24) is 9.80 Å². The second kappa shape index (κ2) is 20.1. The molecule has 0 saturated heterocycles. The summed E-state index contributed by atoms with van der Waals surface area (Å²) in [5.41, 5.74) is 11.1. The van der Waals surface area contributed by atoms with E-state index >= 15 is 0 Å². The lowest BCUT2D eigenvalue weighted by Crippen LogP contribution is -2.37. The van der Waals surface area contributed by atoms with Crippen molar-refractivity contribution in [2.45, 2.75) is 45.2 Å². The van der Waals surface area contributed by atoms with E-state index in [4.69, 9.17) is 29.8 Å². The van der Waals surface area contributed by atoms with Gasteiger partial charge in [0, 0.05) is 50.7 Å². The van der Waals surface area contributed by atoms with E-state index in [2.05, 4.69) is 0 Å². The minimum absolute atomic E-state index is 0.0792. The summed E-state index contributed by atoms with van der Waals surface area (Å²) in [6.45, 7) is 3.84. The smallest absolute Gasteiger partial charge is 0.333 e. The first-order valence-electron chi connectivity index (χ1n) is 18.4. The first-order valence-corrected chi connectivity index (χ1v) is 18.4. The number of amides is 2. The number of rotatable bonds is 10. The first-order chi connectivity index (χ1) is 28.0. The van der Waals surface area contributed by atoms with Gasteiger partial charge >= 0.3 is 5.97 Å². The minimum atomic E-state index is -1.07. The number of methoxy groups -OCH3 is 4. The Hall–Kier alpha value is -6.70. The van der Waals surface area contributed by atoms with Crippen LogP contribution in [0.2, 0.25) is 0 Å². The average molecular weight is 814 g/mol. The Labute approximate surface area is 342 Å². The fourth-order valence-electron chi connectivity index (χ4n) is 6.66. The van der Waals surface area contributed by atoms with Gasteiger partial charge in [-0.2, -0.15) is 0 Å². The molecule has 0 aliphatic carbocycles. The molecule has 2 aliphatic heterocycles. The fraction of sp³-hybridized carbons (Fsp3) is 0.289. The number of benzene rings is 4. The molecule has 2 atom stereocenters. The van der Waals surface area contributed by atoms with Gasteiger partial charge in [0.25, 0.3) is 0 Å². The van der Waals surface area contributed by atoms with Gasteiger partial charge in [-0.05, 0) is 84.1 Å². The van der Waals surface area contributed by atoms with Gasteiger partial charge in [-0.1, -0.05) is 36.4 Å². The number of Topliss-reactive ketones (excluding diaryl/α,β-unsaturated/α-hetero) is 1. The Morgan fingerprint density at radius 3 is 1.49 bits per heavy atom. The van der Waals surface area contributed by atoms with E-state index in [-0.39, 0.29) is 48.3 Å². The number of aliphatic carboxylic acids is 1. The molecule has 0 saturated carbocycles. The van der Waals surface area contributed by atoms with E-state index < -0.39 is 23.9 Å². The lowest BCUT2D eigenvalue weighted by Gasteiger charge is -2.33. The van der Waals surface area contributed by atoms with Gasteiger partial charge < -0.3 is 39.6 Å². The number of hydrogen-bond donors (Lipinski definition) is 2. The largest absolute Gasteiger partial charge is 0.493 e. The molecule has 2 amide bonds. The molecular weight excluding hydrogens is 765 g/mol. The van der Waals surface area contributed by atoms with Gasteiger partial charge in [-0.25, -0.2) is 13.6 Å². The van der Waals surface area contributed by atoms with Gasteiger partial charge in [0.05, 0.1) is 46.1 Å². The molecule has 2 unspecified atom stereocenters. The molecule has 0 fully saturated rings. The number of anilines is 1. The molecule has 59 heavy (non-hydrogen) atoms. The van der Waals surface area contributed by atoms with Crippen LogP contribution in [0, 0.1) is 25.5 Å². The molecule has 0 radical (unpaired) electrons. The van der Waals surface area contributed by atoms with Crippen molar-refractivity contribution in [2.24, 2.45) is 0 Å². The van der Waals surface area contributed by atoms with E-state index in [1.165, 1.54) is 47.4 Å². The number of carboxylic acid groups (broad SMARTS) is 1. The number of likely N-dealkylation sites (N-methyl/N-ethyl adjacent to an activating group) is 2. The van der Waals surface area contributed by atoms with Gasteiger partial charge in [-0.3, -0.25) is 14.4 Å². The number of hydrogen-bond acceptors (Lipinski definition) is 9. The molecule has 0 spiro atoms. The number of ketones is 1. The van der Waals surface area contributed by atoms with Crippen LogP contribution in [0.1, 0.15) is 52.7 Å². The zero-order chi connectivity index (χ0) is 43.6. The number of nitrogens with zero attached hydrogens (tertiary/aromatic N) is 2. The standard InChI is InChI=1S/C23H24FNO4.C13H12FNO3.C9H13NO2/c1-14-11-20(28-3)21(29-4)13-16(14)12-19(26)18-9-10-22(27)25(2)23(18)15-5-7-17(24)8-6-15;1-15-11(16)7-6-10(13(17)18)12(15)8-2-4-9(14)5-3-8;1-6-4-8(11-2)9(12-3)5-7(6)10/h5-9,11,13,23H,10,12H2,1-4H3;2-6,12H,7H2,1H3,(H,17,18);4-5H,10H2,1-3H3. The van der Waals surface area contributed by atoms with Crippen molar-refractivity contribution < 1.29 is 52.0 Å². The summed E-state index contributed by atoms with van der Waals surface area (Å²) in [6.07, 6.45) is 3.52. The van der Waals surface area contributed by atoms with E-state index in [0.29, 0.717) is 45.4 Å². The van der Waals surface area contributed by atoms with Crippen molar-refractivity contribution in [2.75, 3.05) is 48.3 Å². The van der Waals surface area contributed by atoms with Gasteiger partial charge in [0.15, 0.2) is 28.8 Å². The molecule has 3 N–H and O–H groups in total. The summed E-state index contributed by atoms with van der Waals surface area (Å²) in [5.74, 6) is 0.379.